The predicted octanol–water partition coefficient (Wildman–Crippen LogP) is 3.64. The van der Waals surface area contributed by atoms with Crippen LogP contribution in [0.1, 0.15) is 17.0 Å². The van der Waals surface area contributed by atoms with E-state index in [0.717, 1.165) is 11.4 Å². The number of benzene rings is 1. The second-order valence-electron chi connectivity index (χ2n) is 4.02. The molecule has 1 N–H and O–H groups in total. The summed E-state index contributed by atoms with van der Waals surface area (Å²) < 4.78 is 15.5. The van der Waals surface area contributed by atoms with Gasteiger partial charge in [-0.05, 0) is 38.1 Å². The van der Waals surface area contributed by atoms with Crippen molar-refractivity contribution in [2.24, 2.45) is 0 Å². The van der Waals surface area contributed by atoms with Crippen LogP contribution in [0.3, 0.4) is 0 Å². The van der Waals surface area contributed by atoms with Gasteiger partial charge in [0.2, 0.25) is 0 Å². The van der Waals surface area contributed by atoms with Crippen molar-refractivity contribution in [3.05, 3.63) is 58.1 Å². The lowest BCUT2D eigenvalue weighted by atomic mass is 10.2. The van der Waals surface area contributed by atoms with Crippen molar-refractivity contribution < 1.29 is 4.39 Å². The molecule has 1 aromatic heterocycles. The topological polar surface area (TPSA) is 17.0 Å². The Labute approximate surface area is 105 Å². The van der Waals surface area contributed by atoms with Crippen molar-refractivity contribution in [3.63, 3.8) is 0 Å². The van der Waals surface area contributed by atoms with E-state index < -0.39 is 0 Å². The molecule has 0 spiro atoms. The maximum atomic E-state index is 13.5. The Balaban J connectivity index is 2.13. The van der Waals surface area contributed by atoms with Gasteiger partial charge in [0.05, 0.1) is 6.54 Å². The third-order valence-electron chi connectivity index (χ3n) is 2.71. The highest BCUT2D eigenvalue weighted by Crippen LogP contribution is 2.15. The van der Waals surface area contributed by atoms with Crippen LogP contribution in [-0.2, 0) is 6.54 Å². The van der Waals surface area contributed by atoms with Gasteiger partial charge in [-0.15, -0.1) is 0 Å². The number of halogens is 2. The molecule has 0 aliphatic carbocycles. The first-order chi connectivity index (χ1) is 8.08. The zero-order valence-corrected chi connectivity index (χ0v) is 10.6. The summed E-state index contributed by atoms with van der Waals surface area (Å²) in [4.78, 5) is 0. The average Bonchev–Trinajstić information content (AvgIpc) is 2.58. The number of nitrogens with one attached hydrogen (secondary N) is 1. The maximum absolute atomic E-state index is 13.5. The highest BCUT2D eigenvalue weighted by atomic mass is 35.5. The van der Waals surface area contributed by atoms with Gasteiger partial charge in [-0.3, -0.25) is 4.68 Å². The smallest absolute Gasteiger partial charge is 0.129 e. The predicted molar refractivity (Wildman–Crippen MR) is 68.4 cm³/mol. The summed E-state index contributed by atoms with van der Waals surface area (Å²) in [5.41, 5.74) is 5.96. The third-order valence-corrected chi connectivity index (χ3v) is 2.95. The minimum Gasteiger partial charge on any atom is -0.321 e. The van der Waals surface area contributed by atoms with Crippen LogP contribution in [0, 0.1) is 19.7 Å². The Morgan fingerprint density at radius 3 is 2.41 bits per heavy atom. The van der Waals surface area contributed by atoms with Crippen molar-refractivity contribution in [2.45, 2.75) is 20.4 Å². The first-order valence-electron chi connectivity index (χ1n) is 5.40. The first kappa shape index (κ1) is 12.0. The van der Waals surface area contributed by atoms with Crippen molar-refractivity contribution in [1.29, 1.82) is 0 Å². The first-order valence-corrected chi connectivity index (χ1v) is 5.78. The fourth-order valence-corrected chi connectivity index (χ4v) is 1.91. The molecule has 0 atom stereocenters. The van der Waals surface area contributed by atoms with Gasteiger partial charge in [-0.25, -0.2) is 4.39 Å². The molecule has 2 nitrogen and oxygen atoms in total. The van der Waals surface area contributed by atoms with E-state index in [1.54, 1.807) is 12.1 Å². The highest BCUT2D eigenvalue weighted by molar-refractivity contribution is 6.30. The summed E-state index contributed by atoms with van der Waals surface area (Å²) in [5.74, 6) is -0.285. The van der Waals surface area contributed by atoms with E-state index in [2.05, 4.69) is 5.43 Å². The van der Waals surface area contributed by atoms with Gasteiger partial charge in [0.25, 0.3) is 0 Å². The van der Waals surface area contributed by atoms with Gasteiger partial charge in [0.15, 0.2) is 0 Å². The zero-order chi connectivity index (χ0) is 12.4. The van der Waals surface area contributed by atoms with E-state index >= 15 is 0 Å². The molecule has 0 fully saturated rings. The van der Waals surface area contributed by atoms with Crippen molar-refractivity contribution in [1.82, 2.24) is 4.68 Å². The van der Waals surface area contributed by atoms with Gasteiger partial charge >= 0.3 is 0 Å². The maximum Gasteiger partial charge on any atom is 0.129 e. The molecular weight excluding hydrogens is 239 g/mol. The Bertz CT molecular complexity index is 515. The number of aryl methyl sites for hydroxylation is 2. The zero-order valence-electron chi connectivity index (χ0n) is 9.80. The largest absolute Gasteiger partial charge is 0.321 e. The average molecular weight is 253 g/mol. The van der Waals surface area contributed by atoms with E-state index in [9.17, 15) is 4.39 Å². The fourth-order valence-electron chi connectivity index (χ4n) is 1.75. The van der Waals surface area contributed by atoms with Gasteiger partial charge in [-0.2, -0.15) is 0 Å². The van der Waals surface area contributed by atoms with Gasteiger partial charge in [-0.1, -0.05) is 17.7 Å². The molecule has 90 valence electrons. The standard InChI is InChI=1S/C13H14ClFN2/c1-9-3-4-10(2)17(9)16-8-11-5-6-12(14)7-13(11)15/h3-7,16H,8H2,1-2H3. The summed E-state index contributed by atoms with van der Waals surface area (Å²) >= 11 is 5.70. The van der Waals surface area contributed by atoms with E-state index in [4.69, 9.17) is 11.6 Å². The highest BCUT2D eigenvalue weighted by Gasteiger charge is 2.04. The van der Waals surface area contributed by atoms with E-state index in [1.807, 2.05) is 30.7 Å². The molecule has 0 unspecified atom stereocenters. The summed E-state index contributed by atoms with van der Waals surface area (Å²) in [6, 6.07) is 8.74. The van der Waals surface area contributed by atoms with E-state index in [-0.39, 0.29) is 5.82 Å². The molecule has 0 bridgehead atoms. The molecule has 0 amide bonds. The van der Waals surface area contributed by atoms with Crippen LogP contribution in [-0.4, -0.2) is 4.68 Å². The molecule has 0 saturated heterocycles. The summed E-state index contributed by atoms with van der Waals surface area (Å²) in [5, 5.41) is 0.416. The molecule has 2 aromatic rings. The number of nitrogens with zero attached hydrogens (tertiary/aromatic N) is 1. The third kappa shape index (κ3) is 2.61. The lowest BCUT2D eigenvalue weighted by Gasteiger charge is -2.13. The minimum absolute atomic E-state index is 0.285. The van der Waals surface area contributed by atoms with Crippen LogP contribution < -0.4 is 5.43 Å². The normalized spacial score (nSPS) is 10.6. The lowest BCUT2D eigenvalue weighted by Crippen LogP contribution is -2.17. The molecule has 0 saturated carbocycles. The van der Waals surface area contributed by atoms with Crippen LogP contribution in [0.5, 0.6) is 0 Å². The molecule has 4 heteroatoms. The summed E-state index contributed by atoms with van der Waals surface area (Å²) in [6.07, 6.45) is 0. The monoisotopic (exact) mass is 252 g/mol. The number of aromatic nitrogens is 1. The van der Waals surface area contributed by atoms with Gasteiger partial charge in [0, 0.05) is 22.0 Å². The van der Waals surface area contributed by atoms with E-state index in [0.29, 0.717) is 17.1 Å². The molecule has 1 heterocycles. The summed E-state index contributed by atoms with van der Waals surface area (Å²) in [7, 11) is 0. The van der Waals surface area contributed by atoms with Crippen LogP contribution in [0.2, 0.25) is 5.02 Å². The fraction of sp³-hybridized carbons (Fsp3) is 0.231. The second kappa shape index (κ2) is 4.80. The Morgan fingerprint density at radius 1 is 1.18 bits per heavy atom. The lowest BCUT2D eigenvalue weighted by molar-refractivity contribution is 0.607. The molecule has 2 rings (SSSR count). The van der Waals surface area contributed by atoms with Crippen LogP contribution >= 0.6 is 11.6 Å². The van der Waals surface area contributed by atoms with Crippen LogP contribution in [0.15, 0.2) is 30.3 Å². The Morgan fingerprint density at radius 2 is 1.82 bits per heavy atom. The molecular formula is C13H14ClFN2. The minimum atomic E-state index is -0.285. The number of hydrogen-bond acceptors (Lipinski definition) is 1. The van der Waals surface area contributed by atoms with Crippen molar-refractivity contribution >= 4 is 11.6 Å². The van der Waals surface area contributed by atoms with Crippen LogP contribution in [0.25, 0.3) is 0 Å². The molecule has 0 aliphatic heterocycles. The van der Waals surface area contributed by atoms with Crippen molar-refractivity contribution in [2.75, 3.05) is 5.43 Å². The molecule has 0 aliphatic rings. The molecule has 17 heavy (non-hydrogen) atoms. The Kier molecular flexibility index (Phi) is 3.38. The number of hydrogen-bond donors (Lipinski definition) is 1. The molecule has 0 radical (unpaired) electrons. The SMILES string of the molecule is Cc1ccc(C)n1NCc1ccc(Cl)cc1F. The summed E-state index contributed by atoms with van der Waals surface area (Å²) in [6.45, 7) is 4.43. The molecule has 1 aromatic carbocycles. The quantitative estimate of drug-likeness (QED) is 0.883. The Hall–Kier alpha value is -1.48. The van der Waals surface area contributed by atoms with Gasteiger partial charge < -0.3 is 5.43 Å². The second-order valence-corrected chi connectivity index (χ2v) is 4.46. The number of rotatable bonds is 3. The van der Waals surface area contributed by atoms with E-state index in [1.165, 1.54) is 6.07 Å². The van der Waals surface area contributed by atoms with Crippen LogP contribution in [0.4, 0.5) is 4.39 Å². The van der Waals surface area contributed by atoms with Crippen molar-refractivity contribution in [3.8, 4) is 0 Å². The van der Waals surface area contributed by atoms with Gasteiger partial charge in [0.1, 0.15) is 5.82 Å².